The molecule has 1 unspecified atom stereocenters. The van der Waals surface area contributed by atoms with E-state index in [9.17, 15) is 35.1 Å². The normalized spacial score (nSPS) is 26.9. The van der Waals surface area contributed by atoms with Crippen LogP contribution in [0.25, 0.3) is 0 Å². The molecule has 81 valence electrons. The Bertz CT molecular complexity index is 272. The largest absolute Gasteiger partial charge is 0.457 e. The summed E-state index contributed by atoms with van der Waals surface area (Å²) in [4.78, 5) is 0. The Labute approximate surface area is 72.2 Å². The molecule has 1 radical (unpaired) electrons. The van der Waals surface area contributed by atoms with Crippen LogP contribution in [-0.2, 0) is 0 Å². The molecule has 1 aliphatic carbocycles. The van der Waals surface area contributed by atoms with Crippen molar-refractivity contribution in [1.82, 2.24) is 0 Å². The number of halogens is 8. The van der Waals surface area contributed by atoms with E-state index < -0.39 is 29.8 Å². The van der Waals surface area contributed by atoms with Crippen molar-refractivity contribution in [1.29, 1.82) is 0 Å². The molecule has 0 N–H and O–H groups in total. The quantitative estimate of drug-likeness (QED) is 0.602. The van der Waals surface area contributed by atoms with Gasteiger partial charge in [0, 0.05) is 6.08 Å². The van der Waals surface area contributed by atoms with Crippen molar-refractivity contribution >= 4 is 0 Å². The minimum absolute atomic E-state index is 0.454. The van der Waals surface area contributed by atoms with Crippen molar-refractivity contribution < 1.29 is 35.1 Å². The predicted molar refractivity (Wildman–Crippen MR) is 27.6 cm³/mol. The van der Waals surface area contributed by atoms with Gasteiger partial charge in [0.1, 0.15) is 0 Å². The summed E-state index contributed by atoms with van der Waals surface area (Å²) in [6.45, 7) is 0. The van der Waals surface area contributed by atoms with Crippen LogP contribution < -0.4 is 0 Å². The zero-order valence-electron chi connectivity index (χ0n) is 6.10. The Morgan fingerprint density at radius 1 is 1.07 bits per heavy atom. The second-order valence-electron chi connectivity index (χ2n) is 2.60. The maximum atomic E-state index is 12.2. The predicted octanol–water partition coefficient (Wildman–Crippen LogP) is 2.90. The molecule has 0 fully saturated rings. The second-order valence-corrected chi connectivity index (χ2v) is 2.60. The summed E-state index contributed by atoms with van der Waals surface area (Å²) in [5.41, 5.74) is -2.35. The highest BCUT2D eigenvalue weighted by Gasteiger charge is 2.69. The molecule has 14 heavy (non-hydrogen) atoms. The summed E-state index contributed by atoms with van der Waals surface area (Å²) in [6, 6.07) is 0. The Hall–Kier alpha value is -0.820. The Morgan fingerprint density at radius 2 is 1.50 bits per heavy atom. The van der Waals surface area contributed by atoms with Crippen molar-refractivity contribution in [3.8, 4) is 0 Å². The first-order valence-electron chi connectivity index (χ1n) is 3.12. The van der Waals surface area contributed by atoms with Gasteiger partial charge in [-0.05, 0) is 0 Å². The summed E-state index contributed by atoms with van der Waals surface area (Å²) in [6.07, 6.45) is -9.26. The van der Waals surface area contributed by atoms with E-state index >= 15 is 0 Å². The summed E-state index contributed by atoms with van der Waals surface area (Å²) in [5.74, 6) is -9.95. The van der Waals surface area contributed by atoms with E-state index in [1.54, 1.807) is 0 Å². The summed E-state index contributed by atoms with van der Waals surface area (Å²) in [7, 11) is 0. The number of rotatable bonds is 1. The van der Waals surface area contributed by atoms with E-state index in [1.807, 2.05) is 0 Å². The van der Waals surface area contributed by atoms with E-state index in [1.165, 1.54) is 0 Å². The first kappa shape index (κ1) is 11.3. The van der Waals surface area contributed by atoms with Gasteiger partial charge in [0.15, 0.2) is 6.17 Å². The molecule has 0 saturated carbocycles. The Morgan fingerprint density at radius 3 is 1.71 bits per heavy atom. The summed E-state index contributed by atoms with van der Waals surface area (Å²) < 4.78 is 94.8. The van der Waals surface area contributed by atoms with E-state index in [-0.39, 0.29) is 0 Å². The topological polar surface area (TPSA) is 0 Å². The summed E-state index contributed by atoms with van der Waals surface area (Å²) in [5, 5.41) is 0. The van der Waals surface area contributed by atoms with Crippen molar-refractivity contribution in [2.75, 3.05) is 0 Å². The van der Waals surface area contributed by atoms with Crippen LogP contribution in [0.15, 0.2) is 5.57 Å². The smallest absolute Gasteiger partial charge is 0.235 e. The molecule has 0 amide bonds. The number of hydrogen-bond acceptors (Lipinski definition) is 0. The molecule has 0 aromatic heterocycles. The molecule has 0 aliphatic heterocycles. The monoisotopic (exact) mass is 225 g/mol. The molecule has 0 heterocycles. The maximum absolute atomic E-state index is 12.2. The average Bonchev–Trinajstić information content (AvgIpc) is 1.97. The van der Waals surface area contributed by atoms with Gasteiger partial charge in [-0.25, -0.2) is 4.39 Å². The van der Waals surface area contributed by atoms with E-state index in [0.29, 0.717) is 6.08 Å². The van der Waals surface area contributed by atoms with Crippen LogP contribution in [0, 0.1) is 6.08 Å². The minimum atomic E-state index is -6.09. The van der Waals surface area contributed by atoms with E-state index in [4.69, 9.17) is 0 Å². The van der Waals surface area contributed by atoms with Crippen LogP contribution in [0.1, 0.15) is 0 Å². The second kappa shape index (κ2) is 2.60. The van der Waals surface area contributed by atoms with Gasteiger partial charge in [0.2, 0.25) is 0 Å². The van der Waals surface area contributed by atoms with Gasteiger partial charge in [0.25, 0.3) is 0 Å². The number of alkyl halides is 8. The molecule has 8 heteroatoms. The molecule has 0 aromatic carbocycles. The maximum Gasteiger partial charge on any atom is 0.457 e. The molecular formula is C6HF8. The lowest BCUT2D eigenvalue weighted by atomic mass is 9.87. The third-order valence-corrected chi connectivity index (χ3v) is 1.57. The number of hydrogen-bond donors (Lipinski definition) is 0. The highest BCUT2D eigenvalue weighted by atomic mass is 19.4. The van der Waals surface area contributed by atoms with Crippen molar-refractivity contribution in [2.45, 2.75) is 24.2 Å². The molecule has 0 nitrogen and oxygen atoms in total. The van der Waals surface area contributed by atoms with Crippen LogP contribution in [0.2, 0.25) is 0 Å². The van der Waals surface area contributed by atoms with E-state index in [2.05, 4.69) is 0 Å². The molecular weight excluding hydrogens is 224 g/mol. The molecule has 1 aliphatic rings. The zero-order valence-corrected chi connectivity index (χ0v) is 6.10. The van der Waals surface area contributed by atoms with Crippen molar-refractivity contribution in [3.63, 3.8) is 0 Å². The Balaban J connectivity index is 3.00. The SMILES string of the molecule is FC1C(C(F)(F)C(F)(F)F)=[C]C1(F)F. The molecule has 0 saturated heterocycles. The molecule has 0 spiro atoms. The molecule has 1 atom stereocenters. The van der Waals surface area contributed by atoms with Crippen LogP contribution in [0.3, 0.4) is 0 Å². The fourth-order valence-corrected chi connectivity index (χ4v) is 0.800. The van der Waals surface area contributed by atoms with E-state index in [0.717, 1.165) is 0 Å². The van der Waals surface area contributed by atoms with Crippen molar-refractivity contribution in [3.05, 3.63) is 11.6 Å². The van der Waals surface area contributed by atoms with Crippen LogP contribution in [0.5, 0.6) is 0 Å². The lowest BCUT2D eigenvalue weighted by Gasteiger charge is -2.34. The molecule has 0 bridgehead atoms. The lowest BCUT2D eigenvalue weighted by Crippen LogP contribution is -2.52. The van der Waals surface area contributed by atoms with Gasteiger partial charge < -0.3 is 0 Å². The zero-order chi connectivity index (χ0) is 11.4. The van der Waals surface area contributed by atoms with Gasteiger partial charge in [0.05, 0.1) is 5.57 Å². The van der Waals surface area contributed by atoms with Gasteiger partial charge in [-0.15, -0.1) is 0 Å². The van der Waals surface area contributed by atoms with Gasteiger partial charge in [-0.2, -0.15) is 30.7 Å². The third-order valence-electron chi connectivity index (χ3n) is 1.57. The van der Waals surface area contributed by atoms with Crippen LogP contribution in [0.4, 0.5) is 35.1 Å². The van der Waals surface area contributed by atoms with Crippen LogP contribution >= 0.6 is 0 Å². The lowest BCUT2D eigenvalue weighted by molar-refractivity contribution is -0.274. The molecule has 0 aromatic rings. The first-order chi connectivity index (χ1) is 6.00. The third kappa shape index (κ3) is 1.36. The minimum Gasteiger partial charge on any atom is -0.235 e. The first-order valence-corrected chi connectivity index (χ1v) is 3.12. The van der Waals surface area contributed by atoms with Gasteiger partial charge in [-0.3, -0.25) is 0 Å². The average molecular weight is 225 g/mol. The highest BCUT2D eigenvalue weighted by Crippen LogP contribution is 2.51. The highest BCUT2D eigenvalue weighted by molar-refractivity contribution is 5.32. The number of allylic oxidation sites excluding steroid dienone is 2. The van der Waals surface area contributed by atoms with Crippen molar-refractivity contribution in [2.24, 2.45) is 0 Å². The van der Waals surface area contributed by atoms with Gasteiger partial charge in [-0.1, -0.05) is 0 Å². The fraction of sp³-hybridized carbons (Fsp3) is 0.667. The molecule has 1 rings (SSSR count). The standard InChI is InChI=1S/C6HF8/c7-3-2(1-4(3,8)9)5(10,11)6(12,13)14/h3H. The Kier molecular flexibility index (Phi) is 2.09. The van der Waals surface area contributed by atoms with Gasteiger partial charge >= 0.3 is 18.0 Å². The fourth-order valence-electron chi connectivity index (χ4n) is 0.800. The summed E-state index contributed by atoms with van der Waals surface area (Å²) >= 11 is 0. The van der Waals surface area contributed by atoms with Crippen LogP contribution in [-0.4, -0.2) is 24.2 Å².